The van der Waals surface area contributed by atoms with E-state index in [1.807, 2.05) is 82.4 Å². The number of carbonyl (C=O) groups excluding carboxylic acids is 2. The van der Waals surface area contributed by atoms with Crippen molar-refractivity contribution in [1.29, 1.82) is 0 Å². The van der Waals surface area contributed by atoms with Gasteiger partial charge in [-0.1, -0.05) is 44.2 Å². The molecule has 0 radical (unpaired) electrons. The number of fused-ring (bicyclic) bond motifs is 2. The van der Waals surface area contributed by atoms with Crippen molar-refractivity contribution >= 4 is 55.0 Å². The molecule has 0 bridgehead atoms. The van der Waals surface area contributed by atoms with Crippen LogP contribution in [0, 0.1) is 0 Å². The van der Waals surface area contributed by atoms with Crippen LogP contribution in [-0.2, 0) is 31.1 Å². The Morgan fingerprint density at radius 1 is 0.808 bits per heavy atom. The van der Waals surface area contributed by atoms with E-state index in [-0.39, 0.29) is 82.6 Å². The summed E-state index contributed by atoms with van der Waals surface area (Å²) in [4.78, 5) is 26.5. The number of urea groups is 2. The van der Waals surface area contributed by atoms with E-state index >= 15 is 0 Å². The van der Waals surface area contributed by atoms with E-state index in [0.29, 0.717) is 11.4 Å². The minimum absolute atomic E-state index is 0. The molecule has 2 aromatic rings. The van der Waals surface area contributed by atoms with Crippen molar-refractivity contribution in [1.82, 2.24) is 10.6 Å². The smallest absolute Gasteiger partial charge is 0.748 e. The fourth-order valence-corrected chi connectivity index (χ4v) is 7.56. The number of quaternary nitrogens is 1. The third-order valence-electron chi connectivity index (χ3n) is 9.26. The first-order valence-corrected chi connectivity index (χ1v) is 19.4. The summed E-state index contributed by atoms with van der Waals surface area (Å²) in [6.45, 7) is 8.04. The van der Waals surface area contributed by atoms with Crippen LogP contribution < -0.4 is 82.5 Å². The molecular weight excluding hydrogens is 736 g/mol. The molecule has 0 aromatic heterocycles. The number of hydrogen-bond donors (Lipinski definition) is 5. The zero-order valence-corrected chi connectivity index (χ0v) is 35.2. The zero-order chi connectivity index (χ0) is 37.8. The molecule has 4 amide bonds. The van der Waals surface area contributed by atoms with E-state index in [1.165, 1.54) is 14.1 Å². The number of benzene rings is 2. The van der Waals surface area contributed by atoms with Gasteiger partial charge in [-0.2, -0.15) is 0 Å². The molecule has 5 N–H and O–H groups in total. The first kappa shape index (κ1) is 43.6. The van der Waals surface area contributed by atoms with Crippen LogP contribution in [0.2, 0.25) is 0 Å². The molecular formula is C35H45KN6O8S2. The van der Waals surface area contributed by atoms with E-state index in [1.54, 1.807) is 29.2 Å². The van der Waals surface area contributed by atoms with Crippen molar-refractivity contribution in [2.45, 2.75) is 44.6 Å². The average Bonchev–Trinajstić information content (AvgIpc) is 3.39. The predicted octanol–water partition coefficient (Wildman–Crippen LogP) is -0.190. The summed E-state index contributed by atoms with van der Waals surface area (Å²) in [5.41, 5.74) is 4.19. The van der Waals surface area contributed by atoms with Crippen molar-refractivity contribution in [3.8, 4) is 0 Å². The Morgan fingerprint density at radius 3 is 1.92 bits per heavy atom. The average molecular weight is 781 g/mol. The van der Waals surface area contributed by atoms with Gasteiger partial charge in [-0.15, -0.1) is 0 Å². The van der Waals surface area contributed by atoms with Crippen LogP contribution in [0.5, 0.6) is 0 Å². The Hall–Kier alpha value is -2.84. The molecule has 0 aliphatic carbocycles. The molecule has 276 valence electrons. The molecule has 2 aliphatic heterocycles. The maximum Gasteiger partial charge on any atom is 1.00 e. The Morgan fingerprint density at radius 2 is 1.35 bits per heavy atom. The molecule has 17 heteroatoms. The van der Waals surface area contributed by atoms with Crippen molar-refractivity contribution in [3.63, 3.8) is 0 Å². The van der Waals surface area contributed by atoms with Gasteiger partial charge in [0.1, 0.15) is 21.8 Å². The summed E-state index contributed by atoms with van der Waals surface area (Å²) in [5, 5.41) is 10.5. The van der Waals surface area contributed by atoms with E-state index in [9.17, 15) is 35.5 Å². The third-order valence-corrected chi connectivity index (χ3v) is 10.6. The molecule has 2 atom stereocenters. The van der Waals surface area contributed by atoms with Gasteiger partial charge < -0.3 is 35.3 Å². The molecule has 2 aliphatic rings. The SMILES string of the molecule is CNC(=O)Nc1ccc2c(c1)C(C)(C)\C(=C/C=C/C=C/C=C/C1[NH+](CCS(=O)(=O)[O-])c3ccc(NC(=O)NC)cc3C1(C)C)N2CCS(=O)(=O)[O-].[K+]. The van der Waals surface area contributed by atoms with Gasteiger partial charge in [0.05, 0.1) is 33.6 Å². The molecule has 0 saturated carbocycles. The molecule has 2 heterocycles. The van der Waals surface area contributed by atoms with Crippen LogP contribution in [0.15, 0.2) is 84.6 Å². The molecule has 4 rings (SSSR count). The number of allylic oxidation sites excluding steroid dienone is 7. The first-order chi connectivity index (χ1) is 23.8. The van der Waals surface area contributed by atoms with E-state index in [0.717, 1.165) is 33.1 Å². The summed E-state index contributed by atoms with van der Waals surface area (Å²) >= 11 is 0. The van der Waals surface area contributed by atoms with Crippen LogP contribution in [0.1, 0.15) is 38.8 Å². The second-order valence-electron chi connectivity index (χ2n) is 13.4. The van der Waals surface area contributed by atoms with Gasteiger partial charge in [-0.25, -0.2) is 26.4 Å². The fraction of sp³-hybridized carbons (Fsp3) is 0.371. The minimum Gasteiger partial charge on any atom is -0.748 e. The summed E-state index contributed by atoms with van der Waals surface area (Å²) < 4.78 is 69.4. The number of nitrogens with zero attached hydrogens (tertiary/aromatic N) is 1. The minimum atomic E-state index is -4.48. The number of rotatable bonds is 12. The Labute approximate surface area is 348 Å². The number of carbonyl (C=O) groups is 2. The van der Waals surface area contributed by atoms with Gasteiger partial charge >= 0.3 is 63.4 Å². The second-order valence-corrected chi connectivity index (χ2v) is 16.4. The van der Waals surface area contributed by atoms with Crippen LogP contribution in [0.4, 0.5) is 32.3 Å². The largest absolute Gasteiger partial charge is 1.00 e. The van der Waals surface area contributed by atoms with E-state index in [2.05, 4.69) is 21.3 Å². The summed E-state index contributed by atoms with van der Waals surface area (Å²) in [7, 11) is -5.91. The van der Waals surface area contributed by atoms with Crippen LogP contribution in [0.25, 0.3) is 0 Å². The first-order valence-electron chi connectivity index (χ1n) is 16.3. The van der Waals surface area contributed by atoms with E-state index in [4.69, 9.17) is 0 Å². The Bertz CT molecular complexity index is 2010. The topological polar surface area (TPSA) is 204 Å². The molecule has 0 saturated heterocycles. The van der Waals surface area contributed by atoms with Crippen LogP contribution in [0.3, 0.4) is 0 Å². The van der Waals surface area contributed by atoms with Gasteiger partial charge in [-0.05, 0) is 61.9 Å². The summed E-state index contributed by atoms with van der Waals surface area (Å²) in [5.74, 6) is -1.11. The van der Waals surface area contributed by atoms with Gasteiger partial charge in [0, 0.05) is 60.4 Å². The van der Waals surface area contributed by atoms with Gasteiger partial charge in [0.25, 0.3) is 0 Å². The third kappa shape index (κ3) is 10.6. The number of hydrogen-bond acceptors (Lipinski definition) is 9. The fourth-order valence-electron chi connectivity index (χ4n) is 6.69. The van der Waals surface area contributed by atoms with Crippen LogP contribution >= 0.6 is 0 Å². The van der Waals surface area contributed by atoms with Crippen molar-refractivity contribution < 1.29 is 91.8 Å². The molecule has 2 unspecified atom stereocenters. The van der Waals surface area contributed by atoms with Crippen molar-refractivity contribution in [2.24, 2.45) is 0 Å². The zero-order valence-electron chi connectivity index (χ0n) is 30.4. The molecule has 52 heavy (non-hydrogen) atoms. The maximum absolute atomic E-state index is 11.9. The Balaban J connectivity index is 0.00000729. The monoisotopic (exact) mass is 780 g/mol. The second kappa shape index (κ2) is 17.5. The number of nitrogens with one attached hydrogen (secondary N) is 5. The molecule has 0 fully saturated rings. The summed E-state index contributed by atoms with van der Waals surface area (Å²) in [6, 6.07) is 9.80. The van der Waals surface area contributed by atoms with E-state index < -0.39 is 42.6 Å². The Kier molecular flexibility index (Phi) is 14.7. The maximum atomic E-state index is 11.9. The van der Waals surface area contributed by atoms with Crippen molar-refractivity contribution in [2.75, 3.05) is 54.2 Å². The normalized spacial score (nSPS) is 19.8. The number of amides is 4. The predicted molar refractivity (Wildman–Crippen MR) is 196 cm³/mol. The molecule has 14 nitrogen and oxygen atoms in total. The summed E-state index contributed by atoms with van der Waals surface area (Å²) in [6.07, 6.45) is 12.9. The quantitative estimate of drug-likeness (QED) is 0.110. The van der Waals surface area contributed by atoms with Crippen LogP contribution in [-0.4, -0.2) is 82.7 Å². The van der Waals surface area contributed by atoms with Gasteiger partial charge in [0.15, 0.2) is 0 Å². The standard InChI is InChI=1S/C35H46N6O8S2.K/c1-34(2)26-22-24(38-32(42)36-5)14-16-28(26)40(18-20-50(44,45)46)30(34)12-10-8-7-9-11-13-31-35(3,4)27-23-25(39-33(43)37-6)15-17-29(27)41(31)19-21-51(47,48)49;/h7-17,22-23,30H,18-21H2,1-6H3,(H2,36,38,42)(H2,37,39,43)(H,44,45,46)(H,47,48,49);/q;+1/p-1/b8-7+,11-9+,12-10+,31-13+;. The molecule has 2 aromatic carbocycles. The van der Waals surface area contributed by atoms with Gasteiger partial charge in [0.2, 0.25) is 0 Å². The van der Waals surface area contributed by atoms with Crippen molar-refractivity contribution in [3.05, 3.63) is 95.8 Å². The number of anilines is 3. The molecule has 0 spiro atoms. The van der Waals surface area contributed by atoms with Gasteiger partial charge in [-0.3, -0.25) is 4.90 Å².